The van der Waals surface area contributed by atoms with Crippen LogP contribution in [0.3, 0.4) is 0 Å². The molecule has 0 bridgehead atoms. The van der Waals surface area contributed by atoms with E-state index in [0.29, 0.717) is 5.41 Å². The molecule has 2 aliphatic carbocycles. The maximum atomic E-state index is 3.21. The molecule has 2 atom stereocenters. The van der Waals surface area contributed by atoms with E-state index in [9.17, 15) is 0 Å². The zero-order valence-electron chi connectivity index (χ0n) is 7.30. The van der Waals surface area contributed by atoms with E-state index >= 15 is 0 Å². The van der Waals surface area contributed by atoms with Gasteiger partial charge in [0.25, 0.3) is 0 Å². The monoisotopic (exact) mass is 147 g/mol. The number of allylic oxidation sites excluding steroid dienone is 4. The lowest BCUT2D eigenvalue weighted by Gasteiger charge is -2.27. The summed E-state index contributed by atoms with van der Waals surface area (Å²) in [5, 5.41) is 0. The lowest BCUT2D eigenvalue weighted by molar-refractivity contribution is 0.288. The van der Waals surface area contributed by atoms with Crippen molar-refractivity contribution in [2.45, 2.75) is 26.7 Å². The Morgan fingerprint density at radius 1 is 1.45 bits per heavy atom. The summed E-state index contributed by atoms with van der Waals surface area (Å²) in [6.45, 7) is 4.74. The molecule has 0 aromatic heterocycles. The molecule has 59 valence electrons. The van der Waals surface area contributed by atoms with Crippen LogP contribution >= 0.6 is 0 Å². The minimum absolute atomic E-state index is 0.516. The minimum atomic E-state index is 0.516. The van der Waals surface area contributed by atoms with Crippen LogP contribution in [0.2, 0.25) is 0 Å². The second-order valence-electron chi connectivity index (χ2n) is 4.41. The highest BCUT2D eigenvalue weighted by Crippen LogP contribution is 2.48. The van der Waals surface area contributed by atoms with Crippen molar-refractivity contribution in [3.63, 3.8) is 0 Å². The Kier molecular flexibility index (Phi) is 1.45. The van der Waals surface area contributed by atoms with Gasteiger partial charge in [-0.1, -0.05) is 32.1 Å². The largest absolute Gasteiger partial charge is 0.0802 e. The third kappa shape index (κ3) is 1.05. The van der Waals surface area contributed by atoms with E-state index in [1.807, 2.05) is 0 Å². The van der Waals surface area contributed by atoms with Crippen LogP contribution in [0.15, 0.2) is 18.2 Å². The summed E-state index contributed by atoms with van der Waals surface area (Å²) in [6, 6.07) is 0. The second kappa shape index (κ2) is 2.23. The summed E-state index contributed by atoms with van der Waals surface area (Å²) in [4.78, 5) is 0. The van der Waals surface area contributed by atoms with Crippen LogP contribution in [0.4, 0.5) is 0 Å². The van der Waals surface area contributed by atoms with Gasteiger partial charge in [-0.25, -0.2) is 0 Å². The molecule has 0 heteroatoms. The van der Waals surface area contributed by atoms with Gasteiger partial charge < -0.3 is 0 Å². The molecule has 2 aliphatic rings. The lowest BCUT2D eigenvalue weighted by atomic mass is 9.77. The Bertz CT molecular complexity index is 208. The SMILES string of the molecule is CC1(C)CCC2C=C[C]=CC21. The van der Waals surface area contributed by atoms with Gasteiger partial charge in [0.15, 0.2) is 0 Å². The molecule has 2 rings (SSSR count). The van der Waals surface area contributed by atoms with E-state index < -0.39 is 0 Å². The molecule has 0 aromatic carbocycles. The summed E-state index contributed by atoms with van der Waals surface area (Å²) < 4.78 is 0. The van der Waals surface area contributed by atoms with Crippen molar-refractivity contribution in [1.82, 2.24) is 0 Å². The fraction of sp³-hybridized carbons (Fsp3) is 0.636. The smallest absolute Gasteiger partial charge is 0.0110 e. The predicted octanol–water partition coefficient (Wildman–Crippen LogP) is 2.97. The van der Waals surface area contributed by atoms with E-state index in [4.69, 9.17) is 0 Å². The molecule has 1 saturated carbocycles. The first-order valence-electron chi connectivity index (χ1n) is 4.46. The van der Waals surface area contributed by atoms with E-state index in [-0.39, 0.29) is 0 Å². The fourth-order valence-electron chi connectivity index (χ4n) is 2.37. The number of hydrogen-bond acceptors (Lipinski definition) is 0. The number of fused-ring (bicyclic) bond motifs is 1. The maximum absolute atomic E-state index is 3.21. The Hall–Kier alpha value is -0.520. The van der Waals surface area contributed by atoms with Crippen molar-refractivity contribution in [1.29, 1.82) is 0 Å². The third-order valence-corrected chi connectivity index (χ3v) is 3.20. The molecule has 0 spiro atoms. The zero-order chi connectivity index (χ0) is 7.90. The van der Waals surface area contributed by atoms with Crippen molar-refractivity contribution in [3.05, 3.63) is 24.3 Å². The van der Waals surface area contributed by atoms with E-state index in [1.54, 1.807) is 0 Å². The van der Waals surface area contributed by atoms with Crippen molar-refractivity contribution in [3.8, 4) is 0 Å². The van der Waals surface area contributed by atoms with Gasteiger partial charge in [-0.15, -0.1) is 0 Å². The summed E-state index contributed by atoms with van der Waals surface area (Å²) in [6.07, 6.45) is 12.6. The topological polar surface area (TPSA) is 0 Å². The highest BCUT2D eigenvalue weighted by molar-refractivity contribution is 5.15. The summed E-state index contributed by atoms with van der Waals surface area (Å²) in [5.41, 5.74) is 0.516. The van der Waals surface area contributed by atoms with Crippen LogP contribution in [-0.2, 0) is 0 Å². The van der Waals surface area contributed by atoms with Crippen LogP contribution in [-0.4, -0.2) is 0 Å². The third-order valence-electron chi connectivity index (χ3n) is 3.20. The Morgan fingerprint density at radius 2 is 2.27 bits per heavy atom. The molecule has 0 N–H and O–H groups in total. The van der Waals surface area contributed by atoms with Gasteiger partial charge in [-0.05, 0) is 36.2 Å². The molecular formula is C11H15. The van der Waals surface area contributed by atoms with Gasteiger partial charge >= 0.3 is 0 Å². The van der Waals surface area contributed by atoms with Crippen LogP contribution in [0.5, 0.6) is 0 Å². The van der Waals surface area contributed by atoms with Gasteiger partial charge in [0.05, 0.1) is 0 Å². The highest BCUT2D eigenvalue weighted by atomic mass is 14.4. The molecule has 1 fully saturated rings. The lowest BCUT2D eigenvalue weighted by Crippen LogP contribution is -2.20. The average molecular weight is 147 g/mol. The van der Waals surface area contributed by atoms with E-state index in [0.717, 1.165) is 11.8 Å². The molecule has 11 heavy (non-hydrogen) atoms. The van der Waals surface area contributed by atoms with Crippen LogP contribution in [0.1, 0.15) is 26.7 Å². The number of rotatable bonds is 0. The van der Waals surface area contributed by atoms with Crippen LogP contribution in [0, 0.1) is 23.3 Å². The van der Waals surface area contributed by atoms with Crippen molar-refractivity contribution in [2.24, 2.45) is 17.3 Å². The summed E-state index contributed by atoms with van der Waals surface area (Å²) >= 11 is 0. The molecule has 0 saturated heterocycles. The van der Waals surface area contributed by atoms with Gasteiger partial charge in [0.2, 0.25) is 0 Å². The first-order chi connectivity index (χ1) is 5.20. The van der Waals surface area contributed by atoms with Gasteiger partial charge in [0, 0.05) is 0 Å². The predicted molar refractivity (Wildman–Crippen MR) is 46.9 cm³/mol. The second-order valence-corrected chi connectivity index (χ2v) is 4.41. The Labute approximate surface area is 69.0 Å². The van der Waals surface area contributed by atoms with E-state index in [1.165, 1.54) is 12.8 Å². The van der Waals surface area contributed by atoms with Crippen LogP contribution in [0.25, 0.3) is 0 Å². The standard InChI is InChI=1S/C11H15/c1-11(2)8-7-9-5-3-4-6-10(9)11/h3,5-6,9-10H,7-8H2,1-2H3. The van der Waals surface area contributed by atoms with Gasteiger partial charge in [-0.3, -0.25) is 0 Å². The molecular weight excluding hydrogens is 132 g/mol. The van der Waals surface area contributed by atoms with Crippen LogP contribution < -0.4 is 0 Å². The molecule has 0 aromatic rings. The van der Waals surface area contributed by atoms with E-state index in [2.05, 4.69) is 38.2 Å². The average Bonchev–Trinajstić information content (AvgIpc) is 2.29. The molecule has 0 amide bonds. The Morgan fingerprint density at radius 3 is 3.00 bits per heavy atom. The summed E-state index contributed by atoms with van der Waals surface area (Å²) in [7, 11) is 0. The molecule has 2 unspecified atom stereocenters. The quantitative estimate of drug-likeness (QED) is 0.494. The highest BCUT2D eigenvalue weighted by Gasteiger charge is 2.39. The van der Waals surface area contributed by atoms with Gasteiger partial charge in [-0.2, -0.15) is 0 Å². The fourth-order valence-corrected chi connectivity index (χ4v) is 2.37. The van der Waals surface area contributed by atoms with Crippen molar-refractivity contribution >= 4 is 0 Å². The van der Waals surface area contributed by atoms with Crippen molar-refractivity contribution < 1.29 is 0 Å². The zero-order valence-corrected chi connectivity index (χ0v) is 7.30. The molecule has 0 nitrogen and oxygen atoms in total. The maximum Gasteiger partial charge on any atom is -0.0110 e. The molecule has 1 radical (unpaired) electrons. The first kappa shape index (κ1) is 7.15. The molecule has 0 heterocycles. The minimum Gasteiger partial charge on any atom is -0.0802 e. The molecule has 0 aliphatic heterocycles. The summed E-state index contributed by atoms with van der Waals surface area (Å²) in [5.74, 6) is 1.57. The normalized spacial score (nSPS) is 39.1. The Balaban J connectivity index is 2.26. The number of hydrogen-bond donors (Lipinski definition) is 0. The van der Waals surface area contributed by atoms with Crippen molar-refractivity contribution in [2.75, 3.05) is 0 Å². The first-order valence-corrected chi connectivity index (χ1v) is 4.46. The van der Waals surface area contributed by atoms with Gasteiger partial charge in [0.1, 0.15) is 0 Å².